The molecule has 2 heterocycles. The van der Waals surface area contributed by atoms with Gasteiger partial charge in [-0.1, -0.05) is 48.5 Å². The van der Waals surface area contributed by atoms with Crippen LogP contribution in [0, 0.1) is 13.8 Å². The summed E-state index contributed by atoms with van der Waals surface area (Å²) in [4.78, 5) is 17.8. The van der Waals surface area contributed by atoms with Gasteiger partial charge in [0.25, 0.3) is 0 Å². The second kappa shape index (κ2) is 8.29. The Morgan fingerprint density at radius 3 is 2.62 bits per heavy atom. The highest BCUT2D eigenvalue weighted by molar-refractivity contribution is 5.96. The van der Waals surface area contributed by atoms with E-state index >= 15 is 0 Å². The molecule has 0 aliphatic heterocycles. The van der Waals surface area contributed by atoms with Crippen LogP contribution in [0.25, 0.3) is 5.65 Å². The highest BCUT2D eigenvalue weighted by Gasteiger charge is 2.21. The number of rotatable bonds is 6. The Morgan fingerprint density at radius 1 is 1.03 bits per heavy atom. The van der Waals surface area contributed by atoms with Crippen molar-refractivity contribution < 1.29 is 4.79 Å². The van der Waals surface area contributed by atoms with Crippen LogP contribution in [0.5, 0.6) is 0 Å². The molecule has 4 rings (SSSR count). The first-order valence-electron chi connectivity index (χ1n) is 9.69. The van der Waals surface area contributed by atoms with Crippen LogP contribution in [0.1, 0.15) is 28.4 Å². The van der Waals surface area contributed by atoms with E-state index < -0.39 is 6.04 Å². The fraction of sp³-hybridized carbons (Fsp3) is 0.167. The number of imidazole rings is 1. The summed E-state index contributed by atoms with van der Waals surface area (Å²) in [7, 11) is 0. The van der Waals surface area contributed by atoms with Crippen LogP contribution in [-0.2, 0) is 11.3 Å². The molecule has 0 aliphatic rings. The number of anilines is 1. The molecule has 0 bridgehead atoms. The molecule has 5 heteroatoms. The lowest BCUT2D eigenvalue weighted by molar-refractivity contribution is -0.118. The molecule has 0 saturated carbocycles. The van der Waals surface area contributed by atoms with Gasteiger partial charge < -0.3 is 9.72 Å². The minimum atomic E-state index is -0.485. The first-order chi connectivity index (χ1) is 14.1. The minimum absolute atomic E-state index is 0.0892. The first-order valence-corrected chi connectivity index (χ1v) is 9.69. The molecular weight excluding hydrogens is 360 g/mol. The van der Waals surface area contributed by atoms with E-state index in [1.165, 1.54) is 0 Å². The van der Waals surface area contributed by atoms with Crippen LogP contribution in [0.4, 0.5) is 5.69 Å². The monoisotopic (exact) mass is 384 g/mol. The molecule has 146 valence electrons. The molecule has 1 unspecified atom stereocenters. The zero-order chi connectivity index (χ0) is 20.2. The third-order valence-electron chi connectivity index (χ3n) is 4.95. The van der Waals surface area contributed by atoms with E-state index in [2.05, 4.69) is 15.6 Å². The maximum absolute atomic E-state index is 13.2. The molecule has 0 radical (unpaired) electrons. The van der Waals surface area contributed by atoms with Crippen LogP contribution in [0.3, 0.4) is 0 Å². The largest absolute Gasteiger partial charge is 0.324 e. The Balaban J connectivity index is 1.56. The van der Waals surface area contributed by atoms with Gasteiger partial charge in [-0.2, -0.15) is 0 Å². The Morgan fingerprint density at radius 2 is 1.83 bits per heavy atom. The van der Waals surface area contributed by atoms with E-state index in [-0.39, 0.29) is 5.91 Å². The van der Waals surface area contributed by atoms with E-state index in [1.807, 2.05) is 97.4 Å². The number of nitrogens with one attached hydrogen (secondary N) is 2. The van der Waals surface area contributed by atoms with Gasteiger partial charge in [-0.15, -0.1) is 0 Å². The van der Waals surface area contributed by atoms with Gasteiger partial charge >= 0.3 is 0 Å². The minimum Gasteiger partial charge on any atom is -0.324 e. The zero-order valence-electron chi connectivity index (χ0n) is 16.6. The number of amides is 1. The van der Waals surface area contributed by atoms with Gasteiger partial charge in [-0.25, -0.2) is 4.98 Å². The topological polar surface area (TPSA) is 58.4 Å². The number of carbonyl (C=O) groups is 1. The lowest BCUT2D eigenvalue weighted by atomic mass is 10.0. The number of pyridine rings is 1. The Bertz CT molecular complexity index is 1100. The number of nitrogens with zero attached hydrogens (tertiary/aromatic N) is 2. The fourth-order valence-corrected chi connectivity index (χ4v) is 3.36. The molecule has 2 aromatic carbocycles. The highest BCUT2D eigenvalue weighted by atomic mass is 16.2. The van der Waals surface area contributed by atoms with Crippen molar-refractivity contribution in [2.45, 2.75) is 26.4 Å². The number of benzene rings is 2. The van der Waals surface area contributed by atoms with Crippen molar-refractivity contribution in [2.75, 3.05) is 5.32 Å². The van der Waals surface area contributed by atoms with Gasteiger partial charge in [0.2, 0.25) is 5.91 Å². The van der Waals surface area contributed by atoms with E-state index in [4.69, 9.17) is 0 Å². The van der Waals surface area contributed by atoms with Crippen LogP contribution in [0.2, 0.25) is 0 Å². The zero-order valence-corrected chi connectivity index (χ0v) is 16.6. The first kappa shape index (κ1) is 18.9. The molecule has 2 N–H and O–H groups in total. The normalized spacial score (nSPS) is 12.1. The Labute approximate surface area is 170 Å². The summed E-state index contributed by atoms with van der Waals surface area (Å²) < 4.78 is 1.98. The number of hydrogen-bond donors (Lipinski definition) is 2. The van der Waals surface area contributed by atoms with E-state index in [1.54, 1.807) is 0 Å². The average Bonchev–Trinajstić information content (AvgIpc) is 3.14. The van der Waals surface area contributed by atoms with Crippen molar-refractivity contribution in [1.82, 2.24) is 14.7 Å². The summed E-state index contributed by atoms with van der Waals surface area (Å²) in [6.07, 6.45) is 3.95. The molecule has 29 heavy (non-hydrogen) atoms. The Hall–Kier alpha value is -3.44. The van der Waals surface area contributed by atoms with E-state index in [9.17, 15) is 4.79 Å². The Kier molecular flexibility index (Phi) is 5.40. The van der Waals surface area contributed by atoms with Crippen LogP contribution in [-0.4, -0.2) is 15.3 Å². The summed E-state index contributed by atoms with van der Waals surface area (Å²) in [5, 5.41) is 6.46. The van der Waals surface area contributed by atoms with Gasteiger partial charge in [-0.05, 0) is 48.7 Å². The number of carbonyl (C=O) groups excluding carboxylic acids is 1. The number of fused-ring (bicyclic) bond motifs is 1. The van der Waals surface area contributed by atoms with Crippen molar-refractivity contribution in [2.24, 2.45) is 0 Å². The summed E-state index contributed by atoms with van der Waals surface area (Å²) in [6.45, 7) is 4.50. The van der Waals surface area contributed by atoms with Crippen LogP contribution >= 0.6 is 0 Å². The van der Waals surface area contributed by atoms with Gasteiger partial charge in [0.15, 0.2) is 0 Å². The molecule has 5 nitrogen and oxygen atoms in total. The third kappa shape index (κ3) is 4.36. The predicted molar refractivity (Wildman–Crippen MR) is 116 cm³/mol. The smallest absolute Gasteiger partial charge is 0.246 e. The van der Waals surface area contributed by atoms with E-state index in [0.29, 0.717) is 6.54 Å². The molecule has 0 fully saturated rings. The van der Waals surface area contributed by atoms with Crippen molar-refractivity contribution >= 4 is 17.2 Å². The van der Waals surface area contributed by atoms with Crippen molar-refractivity contribution in [3.8, 4) is 0 Å². The van der Waals surface area contributed by atoms with Crippen LogP contribution < -0.4 is 10.6 Å². The molecule has 0 saturated heterocycles. The molecule has 1 amide bonds. The summed E-state index contributed by atoms with van der Waals surface area (Å²) in [5.74, 6) is -0.0892. The fourth-order valence-electron chi connectivity index (χ4n) is 3.36. The van der Waals surface area contributed by atoms with Crippen molar-refractivity contribution in [3.63, 3.8) is 0 Å². The van der Waals surface area contributed by atoms with Gasteiger partial charge in [-0.3, -0.25) is 10.1 Å². The molecular formula is C24H24N4O. The maximum Gasteiger partial charge on any atom is 0.246 e. The van der Waals surface area contributed by atoms with E-state index in [0.717, 1.165) is 33.7 Å². The summed E-state index contributed by atoms with van der Waals surface area (Å²) >= 11 is 0. The van der Waals surface area contributed by atoms with Gasteiger partial charge in [0.1, 0.15) is 11.7 Å². The van der Waals surface area contributed by atoms with Gasteiger partial charge in [0, 0.05) is 24.6 Å². The van der Waals surface area contributed by atoms with Crippen LogP contribution in [0.15, 0.2) is 79.1 Å². The second-order valence-electron chi connectivity index (χ2n) is 7.23. The second-order valence-corrected chi connectivity index (χ2v) is 7.23. The average molecular weight is 384 g/mol. The molecule has 0 aliphatic carbocycles. The molecule has 2 aromatic heterocycles. The molecule has 0 spiro atoms. The lowest BCUT2D eigenvalue weighted by Crippen LogP contribution is -2.33. The molecule has 1 atom stereocenters. The quantitative estimate of drug-likeness (QED) is 0.517. The van der Waals surface area contributed by atoms with Crippen molar-refractivity contribution in [1.29, 1.82) is 0 Å². The molecule has 4 aromatic rings. The van der Waals surface area contributed by atoms with Gasteiger partial charge in [0.05, 0.1) is 5.69 Å². The number of aryl methyl sites for hydroxylation is 2. The maximum atomic E-state index is 13.2. The summed E-state index contributed by atoms with van der Waals surface area (Å²) in [5.41, 5.74) is 5.68. The number of aromatic nitrogens is 2. The third-order valence-corrected chi connectivity index (χ3v) is 4.95. The number of hydrogen-bond acceptors (Lipinski definition) is 3. The lowest BCUT2D eigenvalue weighted by Gasteiger charge is -2.19. The SMILES string of the molecule is Cc1ccc(C)c(NC(=O)C(NCc2cn3ccccc3n2)c2ccccc2)c1. The summed E-state index contributed by atoms with van der Waals surface area (Å²) in [6, 6.07) is 21.2. The van der Waals surface area contributed by atoms with Crippen molar-refractivity contribution in [3.05, 3.63) is 102 Å². The predicted octanol–water partition coefficient (Wildman–Crippen LogP) is 4.42. The standard InChI is InChI=1S/C24H24N4O/c1-17-11-12-18(2)21(14-17)27-24(29)23(19-8-4-3-5-9-19)25-15-20-16-28-13-7-6-10-22(28)26-20/h3-14,16,23,25H,15H2,1-2H3,(H,27,29). The highest BCUT2D eigenvalue weighted by Crippen LogP contribution is 2.20.